The number of carbonyl (C=O) groups is 3. The van der Waals surface area contributed by atoms with E-state index >= 15 is 0 Å². The molecular weight excluding hydrogens is 530 g/mol. The smallest absolute Gasteiger partial charge is 0.335 e. The largest absolute Gasteiger partial charge is 0.480 e. The summed E-state index contributed by atoms with van der Waals surface area (Å²) in [5.41, 5.74) is 2.56. The van der Waals surface area contributed by atoms with Gasteiger partial charge in [-0.05, 0) is 42.7 Å². The monoisotopic (exact) mass is 563 g/mol. The number of amides is 1. The van der Waals surface area contributed by atoms with Gasteiger partial charge in [-0.15, -0.1) is 0 Å². The van der Waals surface area contributed by atoms with Crippen LogP contribution in [-0.4, -0.2) is 83.9 Å². The minimum atomic E-state index is -1.14. The van der Waals surface area contributed by atoms with Crippen molar-refractivity contribution in [2.45, 2.75) is 38.1 Å². The Morgan fingerprint density at radius 3 is 2.68 bits per heavy atom. The quantitative estimate of drug-likeness (QED) is 0.303. The van der Waals surface area contributed by atoms with Crippen molar-refractivity contribution in [2.24, 2.45) is 4.99 Å². The topological polar surface area (TPSA) is 153 Å². The number of anilines is 2. The SMILES string of the molecule is O=C(O)CN(CC1Nc2ccc(C(=O)O)cc2N1CC1CCO1)C(=O)CNC1=CCCC(OCc2ccccc2)=N1. The first kappa shape index (κ1) is 28.0. The second-order valence-corrected chi connectivity index (χ2v) is 10.1. The van der Waals surface area contributed by atoms with E-state index in [1.807, 2.05) is 41.3 Å². The third kappa shape index (κ3) is 7.14. The van der Waals surface area contributed by atoms with Crippen LogP contribution in [0.2, 0.25) is 0 Å². The van der Waals surface area contributed by atoms with Crippen LogP contribution in [0.5, 0.6) is 0 Å². The van der Waals surface area contributed by atoms with Gasteiger partial charge < -0.3 is 40.1 Å². The summed E-state index contributed by atoms with van der Waals surface area (Å²) in [6, 6.07) is 14.5. The zero-order valence-corrected chi connectivity index (χ0v) is 22.5. The molecule has 12 heteroatoms. The van der Waals surface area contributed by atoms with Gasteiger partial charge in [0, 0.05) is 19.6 Å². The van der Waals surface area contributed by atoms with Gasteiger partial charge in [0.2, 0.25) is 5.91 Å². The number of aromatic carboxylic acids is 1. The number of aliphatic carboxylic acids is 1. The van der Waals surface area contributed by atoms with E-state index in [1.165, 1.54) is 11.0 Å². The molecule has 2 aromatic carbocycles. The third-order valence-electron chi connectivity index (χ3n) is 7.13. The van der Waals surface area contributed by atoms with Crippen molar-refractivity contribution < 1.29 is 34.1 Å². The van der Waals surface area contributed by atoms with Crippen molar-refractivity contribution in [1.82, 2.24) is 10.2 Å². The van der Waals surface area contributed by atoms with E-state index in [2.05, 4.69) is 15.6 Å². The Morgan fingerprint density at radius 2 is 1.98 bits per heavy atom. The van der Waals surface area contributed by atoms with Crippen molar-refractivity contribution in [1.29, 1.82) is 0 Å². The number of carbonyl (C=O) groups excluding carboxylic acids is 1. The first-order valence-corrected chi connectivity index (χ1v) is 13.6. The maximum atomic E-state index is 13.3. The number of carboxylic acids is 2. The molecule has 0 radical (unpaired) electrons. The summed E-state index contributed by atoms with van der Waals surface area (Å²) in [7, 11) is 0. The van der Waals surface area contributed by atoms with E-state index in [0.717, 1.165) is 12.0 Å². The lowest BCUT2D eigenvalue weighted by Crippen LogP contribution is -2.53. The van der Waals surface area contributed by atoms with Crippen LogP contribution in [0.1, 0.15) is 35.2 Å². The highest BCUT2D eigenvalue weighted by molar-refractivity contribution is 5.92. The molecule has 0 aromatic heterocycles. The summed E-state index contributed by atoms with van der Waals surface area (Å²) < 4.78 is 11.4. The molecule has 41 heavy (non-hydrogen) atoms. The molecule has 4 N–H and O–H groups in total. The molecule has 12 nitrogen and oxygen atoms in total. The summed E-state index contributed by atoms with van der Waals surface area (Å²) >= 11 is 0. The van der Waals surface area contributed by atoms with E-state index in [9.17, 15) is 24.6 Å². The Labute approximate surface area is 237 Å². The molecule has 3 aliphatic rings. The van der Waals surface area contributed by atoms with Crippen LogP contribution in [-0.2, 0) is 25.7 Å². The van der Waals surface area contributed by atoms with E-state index in [-0.39, 0.29) is 24.8 Å². The molecule has 3 aliphatic heterocycles. The Morgan fingerprint density at radius 1 is 1.17 bits per heavy atom. The molecule has 2 unspecified atom stereocenters. The summed E-state index contributed by atoms with van der Waals surface area (Å²) in [5.74, 6) is -1.53. The van der Waals surface area contributed by atoms with Gasteiger partial charge in [0.15, 0.2) is 5.90 Å². The third-order valence-corrected chi connectivity index (χ3v) is 7.13. The zero-order chi connectivity index (χ0) is 28.8. The molecule has 0 bridgehead atoms. The molecule has 2 atom stereocenters. The van der Waals surface area contributed by atoms with Crippen LogP contribution in [0, 0.1) is 0 Å². The average Bonchev–Trinajstić information content (AvgIpc) is 3.28. The number of hydrogen-bond acceptors (Lipinski definition) is 9. The highest BCUT2D eigenvalue weighted by Crippen LogP contribution is 2.36. The maximum absolute atomic E-state index is 13.3. The van der Waals surface area contributed by atoms with Gasteiger partial charge in [-0.1, -0.05) is 30.3 Å². The lowest BCUT2D eigenvalue weighted by molar-refractivity contribution is -0.144. The standard InChI is InChI=1S/C29H33N5O7/c35-27(14-30-24-7-4-8-26(32-24)41-18-19-5-2-1-3-6-19)33(17-28(36)37)16-25-31-22-10-9-20(29(38)39)13-23(22)34(25)15-21-11-12-40-21/h1-3,5-7,9-10,13,21,25,30-31H,4,8,11-12,14-18H2,(H,36,37)(H,38,39). The van der Waals surface area contributed by atoms with E-state index < -0.39 is 30.6 Å². The zero-order valence-electron chi connectivity index (χ0n) is 22.5. The van der Waals surface area contributed by atoms with Crippen LogP contribution in [0.25, 0.3) is 0 Å². The molecule has 1 amide bonds. The highest BCUT2D eigenvalue weighted by atomic mass is 16.5. The number of fused-ring (bicyclic) bond motifs is 1. The van der Waals surface area contributed by atoms with Gasteiger partial charge in [-0.3, -0.25) is 9.59 Å². The first-order valence-electron chi connectivity index (χ1n) is 13.6. The van der Waals surface area contributed by atoms with Crippen LogP contribution >= 0.6 is 0 Å². The fraction of sp³-hybridized carbons (Fsp3) is 0.379. The summed E-state index contributed by atoms with van der Waals surface area (Å²) in [4.78, 5) is 44.2. The molecular formula is C29H33N5O7. The van der Waals surface area contributed by atoms with Gasteiger partial charge in [0.25, 0.3) is 0 Å². The minimum Gasteiger partial charge on any atom is -0.480 e. The summed E-state index contributed by atoms with van der Waals surface area (Å²) in [6.07, 6.45) is 3.59. The van der Waals surface area contributed by atoms with Gasteiger partial charge in [0.05, 0.1) is 36.1 Å². The number of nitrogens with one attached hydrogen (secondary N) is 2. The fourth-order valence-corrected chi connectivity index (χ4v) is 4.90. The number of allylic oxidation sites excluding steroid dienone is 1. The van der Waals surface area contributed by atoms with Crippen molar-refractivity contribution >= 4 is 35.1 Å². The molecule has 0 aliphatic carbocycles. The van der Waals surface area contributed by atoms with Gasteiger partial charge in [-0.2, -0.15) is 0 Å². The molecule has 0 saturated carbocycles. The van der Waals surface area contributed by atoms with E-state index in [1.54, 1.807) is 12.1 Å². The predicted molar refractivity (Wildman–Crippen MR) is 151 cm³/mol. The van der Waals surface area contributed by atoms with Crippen molar-refractivity contribution in [3.63, 3.8) is 0 Å². The summed E-state index contributed by atoms with van der Waals surface area (Å²) in [5, 5.41) is 25.4. The normalized spacial score (nSPS) is 19.2. The maximum Gasteiger partial charge on any atom is 0.335 e. The van der Waals surface area contributed by atoms with E-state index in [4.69, 9.17) is 9.47 Å². The predicted octanol–water partition coefficient (Wildman–Crippen LogP) is 2.49. The number of rotatable bonds is 12. The van der Waals surface area contributed by atoms with Crippen LogP contribution in [0.15, 0.2) is 65.4 Å². The fourth-order valence-electron chi connectivity index (χ4n) is 4.90. The van der Waals surface area contributed by atoms with Gasteiger partial charge in [0.1, 0.15) is 25.1 Å². The second-order valence-electron chi connectivity index (χ2n) is 10.1. The molecule has 3 heterocycles. The number of benzene rings is 2. The highest BCUT2D eigenvalue weighted by Gasteiger charge is 2.35. The van der Waals surface area contributed by atoms with Crippen molar-refractivity contribution in [3.05, 3.63) is 71.6 Å². The summed E-state index contributed by atoms with van der Waals surface area (Å²) in [6.45, 7) is 0.954. The Bertz CT molecular complexity index is 1340. The lowest BCUT2D eigenvalue weighted by Gasteiger charge is -2.36. The Balaban J connectivity index is 1.23. The number of nitrogens with zero attached hydrogens (tertiary/aromatic N) is 3. The van der Waals surface area contributed by atoms with Crippen molar-refractivity contribution in [3.8, 4) is 0 Å². The Hall–Kier alpha value is -4.58. The molecule has 5 rings (SSSR count). The minimum absolute atomic E-state index is 0.0292. The van der Waals surface area contributed by atoms with Crippen LogP contribution < -0.4 is 15.5 Å². The van der Waals surface area contributed by atoms with Gasteiger partial charge in [-0.25, -0.2) is 9.79 Å². The van der Waals surface area contributed by atoms with Crippen LogP contribution in [0.4, 0.5) is 11.4 Å². The first-order chi connectivity index (χ1) is 19.9. The molecule has 216 valence electrons. The average molecular weight is 564 g/mol. The van der Waals surface area contributed by atoms with Crippen LogP contribution in [0.3, 0.4) is 0 Å². The second kappa shape index (κ2) is 12.7. The number of aliphatic imine (C=N–C) groups is 1. The lowest BCUT2D eigenvalue weighted by atomic mass is 10.1. The van der Waals surface area contributed by atoms with Crippen molar-refractivity contribution in [2.75, 3.05) is 43.0 Å². The Kier molecular flexibility index (Phi) is 8.68. The number of hydrogen-bond donors (Lipinski definition) is 4. The van der Waals surface area contributed by atoms with E-state index in [0.29, 0.717) is 55.7 Å². The molecule has 1 fully saturated rings. The van der Waals surface area contributed by atoms with Gasteiger partial charge >= 0.3 is 11.9 Å². The molecule has 0 spiro atoms. The molecule has 2 aromatic rings. The number of ether oxygens (including phenoxy) is 2. The number of carboxylic acid groups (broad SMARTS) is 2. The molecule has 1 saturated heterocycles.